The highest BCUT2D eigenvalue weighted by atomic mass is 35.5. The van der Waals surface area contributed by atoms with Crippen molar-refractivity contribution in [3.05, 3.63) is 47.3 Å². The Balaban J connectivity index is 2.12. The van der Waals surface area contributed by atoms with E-state index in [1.807, 2.05) is 0 Å². The number of halogens is 1. The SMILES string of the molecule is Cc1cnc(CNS(=O)(=O)c2ccnc(Cl)c2)cn1. The first-order valence-corrected chi connectivity index (χ1v) is 7.22. The quantitative estimate of drug-likeness (QED) is 0.860. The van der Waals surface area contributed by atoms with E-state index in [0.717, 1.165) is 5.69 Å². The summed E-state index contributed by atoms with van der Waals surface area (Å²) in [6.07, 6.45) is 4.44. The molecule has 2 aromatic heterocycles. The van der Waals surface area contributed by atoms with Crippen molar-refractivity contribution in [2.24, 2.45) is 0 Å². The topological polar surface area (TPSA) is 84.8 Å². The lowest BCUT2D eigenvalue weighted by atomic mass is 10.4. The van der Waals surface area contributed by atoms with Gasteiger partial charge >= 0.3 is 0 Å². The zero-order valence-corrected chi connectivity index (χ0v) is 11.6. The van der Waals surface area contributed by atoms with Crippen molar-refractivity contribution in [1.82, 2.24) is 19.7 Å². The summed E-state index contributed by atoms with van der Waals surface area (Å²) >= 11 is 5.66. The summed E-state index contributed by atoms with van der Waals surface area (Å²) in [6, 6.07) is 2.65. The minimum Gasteiger partial charge on any atom is -0.258 e. The summed E-state index contributed by atoms with van der Waals surface area (Å²) in [5, 5.41) is 0.123. The molecule has 0 aliphatic carbocycles. The van der Waals surface area contributed by atoms with Crippen LogP contribution in [0.4, 0.5) is 0 Å². The molecular weight excluding hydrogens is 288 g/mol. The first-order chi connectivity index (χ1) is 8.97. The van der Waals surface area contributed by atoms with Crippen LogP contribution in [-0.2, 0) is 16.6 Å². The highest BCUT2D eigenvalue weighted by Crippen LogP contribution is 2.12. The molecule has 2 rings (SSSR count). The Bertz CT molecular complexity index is 673. The fourth-order valence-electron chi connectivity index (χ4n) is 1.31. The summed E-state index contributed by atoms with van der Waals surface area (Å²) in [7, 11) is -3.63. The molecule has 1 N–H and O–H groups in total. The largest absolute Gasteiger partial charge is 0.258 e. The molecule has 19 heavy (non-hydrogen) atoms. The van der Waals surface area contributed by atoms with Gasteiger partial charge in [-0.3, -0.25) is 9.97 Å². The maximum absolute atomic E-state index is 12.0. The molecule has 0 saturated carbocycles. The van der Waals surface area contributed by atoms with Gasteiger partial charge in [0.05, 0.1) is 29.0 Å². The summed E-state index contributed by atoms with van der Waals surface area (Å²) in [5.41, 5.74) is 1.31. The number of pyridine rings is 1. The molecule has 6 nitrogen and oxygen atoms in total. The van der Waals surface area contributed by atoms with Crippen molar-refractivity contribution in [2.45, 2.75) is 18.4 Å². The zero-order valence-electron chi connectivity index (χ0n) is 10.0. The van der Waals surface area contributed by atoms with E-state index < -0.39 is 10.0 Å². The van der Waals surface area contributed by atoms with Crippen molar-refractivity contribution >= 4 is 21.6 Å². The van der Waals surface area contributed by atoms with Crippen LogP contribution in [0, 0.1) is 6.92 Å². The molecule has 0 bridgehead atoms. The monoisotopic (exact) mass is 298 g/mol. The van der Waals surface area contributed by atoms with Gasteiger partial charge in [0.1, 0.15) is 5.15 Å². The Kier molecular flexibility index (Phi) is 4.08. The Morgan fingerprint density at radius 1 is 1.26 bits per heavy atom. The second-order valence-corrected chi connectivity index (χ2v) is 5.94. The van der Waals surface area contributed by atoms with Crippen LogP contribution in [0.5, 0.6) is 0 Å². The van der Waals surface area contributed by atoms with Gasteiger partial charge in [0, 0.05) is 12.4 Å². The van der Waals surface area contributed by atoms with Crippen LogP contribution in [0.3, 0.4) is 0 Å². The van der Waals surface area contributed by atoms with Crippen LogP contribution in [0.1, 0.15) is 11.4 Å². The van der Waals surface area contributed by atoms with E-state index in [0.29, 0.717) is 5.69 Å². The third-order valence-electron chi connectivity index (χ3n) is 2.29. The van der Waals surface area contributed by atoms with E-state index >= 15 is 0 Å². The Hall–Kier alpha value is -1.57. The van der Waals surface area contributed by atoms with Crippen LogP contribution >= 0.6 is 11.6 Å². The molecule has 0 fully saturated rings. The van der Waals surface area contributed by atoms with Gasteiger partial charge in [-0.25, -0.2) is 18.1 Å². The average molecular weight is 299 g/mol. The normalized spacial score (nSPS) is 11.5. The molecule has 0 unspecified atom stereocenters. The van der Waals surface area contributed by atoms with Gasteiger partial charge in [0.15, 0.2) is 0 Å². The number of rotatable bonds is 4. The molecule has 2 aromatic rings. The van der Waals surface area contributed by atoms with E-state index in [9.17, 15) is 8.42 Å². The number of aromatic nitrogens is 3. The zero-order chi connectivity index (χ0) is 13.9. The maximum atomic E-state index is 12.0. The van der Waals surface area contributed by atoms with Crippen molar-refractivity contribution in [3.8, 4) is 0 Å². The first-order valence-electron chi connectivity index (χ1n) is 5.36. The van der Waals surface area contributed by atoms with Gasteiger partial charge in [0.25, 0.3) is 0 Å². The number of aryl methyl sites for hydroxylation is 1. The van der Waals surface area contributed by atoms with Gasteiger partial charge in [0.2, 0.25) is 10.0 Å². The Morgan fingerprint density at radius 3 is 2.68 bits per heavy atom. The smallest absolute Gasteiger partial charge is 0.241 e. The third kappa shape index (κ3) is 3.69. The van der Waals surface area contributed by atoms with Crippen LogP contribution in [0.2, 0.25) is 5.15 Å². The lowest BCUT2D eigenvalue weighted by Gasteiger charge is -2.06. The van der Waals surface area contributed by atoms with Crippen LogP contribution in [0.25, 0.3) is 0 Å². The number of sulfonamides is 1. The molecule has 0 aromatic carbocycles. The molecule has 0 saturated heterocycles. The van der Waals surface area contributed by atoms with Crippen molar-refractivity contribution < 1.29 is 8.42 Å². The number of nitrogens with zero attached hydrogens (tertiary/aromatic N) is 3. The number of hydrogen-bond donors (Lipinski definition) is 1. The van der Waals surface area contributed by atoms with Gasteiger partial charge in [-0.2, -0.15) is 0 Å². The lowest BCUT2D eigenvalue weighted by Crippen LogP contribution is -2.23. The van der Waals surface area contributed by atoms with Crippen molar-refractivity contribution in [1.29, 1.82) is 0 Å². The molecule has 2 heterocycles. The highest BCUT2D eigenvalue weighted by molar-refractivity contribution is 7.89. The predicted octanol–water partition coefficient (Wildman–Crippen LogP) is 1.31. The fraction of sp³-hybridized carbons (Fsp3) is 0.182. The second-order valence-electron chi connectivity index (χ2n) is 3.79. The summed E-state index contributed by atoms with van der Waals surface area (Å²) in [4.78, 5) is 11.9. The van der Waals surface area contributed by atoms with Gasteiger partial charge in [-0.05, 0) is 19.1 Å². The molecule has 0 amide bonds. The van der Waals surface area contributed by atoms with Crippen molar-refractivity contribution in [2.75, 3.05) is 0 Å². The van der Waals surface area contributed by atoms with E-state index in [2.05, 4.69) is 19.7 Å². The van der Waals surface area contributed by atoms with E-state index in [1.165, 1.54) is 24.5 Å². The molecule has 0 radical (unpaired) electrons. The number of nitrogens with one attached hydrogen (secondary N) is 1. The standard InChI is InChI=1S/C11H11ClN4O2S/c1-8-5-15-9(6-14-8)7-16-19(17,18)10-2-3-13-11(12)4-10/h2-6,16H,7H2,1H3. The van der Waals surface area contributed by atoms with Crippen LogP contribution in [0.15, 0.2) is 35.6 Å². The van der Waals surface area contributed by atoms with Crippen LogP contribution < -0.4 is 4.72 Å². The lowest BCUT2D eigenvalue weighted by molar-refractivity contribution is 0.580. The maximum Gasteiger partial charge on any atom is 0.241 e. The third-order valence-corrected chi connectivity index (χ3v) is 3.89. The Labute approximate surface area is 115 Å². The molecular formula is C11H11ClN4O2S. The van der Waals surface area contributed by atoms with Crippen LogP contribution in [-0.4, -0.2) is 23.4 Å². The van der Waals surface area contributed by atoms with E-state index in [4.69, 9.17) is 11.6 Å². The molecule has 0 aliphatic heterocycles. The minimum absolute atomic E-state index is 0.0626. The number of hydrogen-bond acceptors (Lipinski definition) is 5. The van der Waals surface area contributed by atoms with Gasteiger partial charge in [-0.1, -0.05) is 11.6 Å². The predicted molar refractivity (Wildman–Crippen MR) is 70.0 cm³/mol. The van der Waals surface area contributed by atoms with Crippen molar-refractivity contribution in [3.63, 3.8) is 0 Å². The average Bonchev–Trinajstić information content (AvgIpc) is 2.38. The van der Waals surface area contributed by atoms with Gasteiger partial charge < -0.3 is 0 Å². The molecule has 0 aliphatic rings. The first kappa shape index (κ1) is 13.9. The van der Waals surface area contributed by atoms with E-state index in [-0.39, 0.29) is 16.6 Å². The summed E-state index contributed by atoms with van der Waals surface area (Å²) < 4.78 is 26.4. The fourth-order valence-corrected chi connectivity index (χ4v) is 2.56. The molecule has 100 valence electrons. The Morgan fingerprint density at radius 2 is 2.05 bits per heavy atom. The summed E-state index contributed by atoms with van der Waals surface area (Å²) in [6.45, 7) is 1.87. The van der Waals surface area contributed by atoms with E-state index in [1.54, 1.807) is 13.1 Å². The molecule has 8 heteroatoms. The molecule has 0 atom stereocenters. The van der Waals surface area contributed by atoms with Gasteiger partial charge in [-0.15, -0.1) is 0 Å². The summed E-state index contributed by atoms with van der Waals surface area (Å²) in [5.74, 6) is 0. The highest BCUT2D eigenvalue weighted by Gasteiger charge is 2.14. The molecule has 0 spiro atoms. The minimum atomic E-state index is -3.63. The second kappa shape index (κ2) is 5.60.